The molecule has 0 aromatic carbocycles. The van der Waals surface area contributed by atoms with E-state index in [9.17, 15) is 0 Å². The number of ether oxygens (including phenoxy) is 1. The summed E-state index contributed by atoms with van der Waals surface area (Å²) in [5.74, 6) is 1.44. The van der Waals surface area contributed by atoms with Crippen molar-refractivity contribution in [2.24, 2.45) is 0 Å². The van der Waals surface area contributed by atoms with E-state index in [1.807, 2.05) is 30.1 Å². The molecule has 1 saturated carbocycles. The molecule has 6 rings (SSSR count). The van der Waals surface area contributed by atoms with Crippen molar-refractivity contribution in [3.63, 3.8) is 0 Å². The van der Waals surface area contributed by atoms with Crippen LogP contribution in [-0.4, -0.2) is 48.1 Å². The summed E-state index contributed by atoms with van der Waals surface area (Å²) in [7, 11) is 0. The molecular formula is C22H22N8O2. The molecule has 0 radical (unpaired) electrons. The van der Waals surface area contributed by atoms with E-state index in [2.05, 4.69) is 31.3 Å². The van der Waals surface area contributed by atoms with Gasteiger partial charge in [0.2, 0.25) is 5.95 Å². The number of hydrogen-bond acceptors (Lipinski definition) is 9. The summed E-state index contributed by atoms with van der Waals surface area (Å²) in [6, 6.07) is 4.36. The third kappa shape index (κ3) is 2.98. The van der Waals surface area contributed by atoms with Gasteiger partial charge < -0.3 is 15.0 Å². The normalized spacial score (nSPS) is 17.7. The van der Waals surface area contributed by atoms with Crippen LogP contribution >= 0.6 is 0 Å². The number of aromatic nitrogens is 7. The van der Waals surface area contributed by atoms with E-state index in [4.69, 9.17) is 20.0 Å². The van der Waals surface area contributed by atoms with Gasteiger partial charge in [0.05, 0.1) is 47.8 Å². The van der Waals surface area contributed by atoms with Gasteiger partial charge in [-0.15, -0.1) is 0 Å². The van der Waals surface area contributed by atoms with Crippen molar-refractivity contribution >= 4 is 5.95 Å². The smallest absolute Gasteiger partial charge is 0.261 e. The molecule has 10 heteroatoms. The Labute approximate surface area is 183 Å². The van der Waals surface area contributed by atoms with Gasteiger partial charge in [0, 0.05) is 24.2 Å². The molecule has 1 aliphatic carbocycles. The topological polar surface area (TPSA) is 131 Å². The lowest BCUT2D eigenvalue weighted by Crippen LogP contribution is -2.36. The van der Waals surface area contributed by atoms with Crippen LogP contribution in [-0.2, 0) is 10.2 Å². The zero-order valence-electron chi connectivity index (χ0n) is 17.6. The Bertz CT molecular complexity index is 1270. The average Bonchev–Trinajstić information content (AvgIpc) is 3.37. The zero-order chi connectivity index (χ0) is 21.7. The highest BCUT2D eigenvalue weighted by atomic mass is 16.5. The standard InChI is InChI=1S/C22H22N8O2/c1-13-17(9-25-21(23)27-13)18-4-3-15(8-24-18)22(5-2-6-22)20-28-19(32-29-20)14-7-26-30(10-14)16-11-31-12-16/h3-4,7-10,16H,2,5-6,11-12H2,1H3,(H2,23,25,27). The summed E-state index contributed by atoms with van der Waals surface area (Å²) in [5, 5.41) is 8.76. The van der Waals surface area contributed by atoms with E-state index < -0.39 is 0 Å². The van der Waals surface area contributed by atoms with Crippen LogP contribution in [0.3, 0.4) is 0 Å². The molecule has 1 aliphatic heterocycles. The van der Waals surface area contributed by atoms with Crippen LogP contribution in [0, 0.1) is 6.92 Å². The second kappa shape index (κ2) is 7.20. The average molecular weight is 430 g/mol. The number of anilines is 1. The number of nitrogens with zero attached hydrogens (tertiary/aromatic N) is 7. The molecule has 0 unspecified atom stereocenters. The van der Waals surface area contributed by atoms with Gasteiger partial charge in [-0.1, -0.05) is 17.6 Å². The van der Waals surface area contributed by atoms with Gasteiger partial charge in [-0.25, -0.2) is 9.97 Å². The summed E-state index contributed by atoms with van der Waals surface area (Å²) in [5.41, 5.74) is 9.76. The molecular weight excluding hydrogens is 408 g/mol. The Morgan fingerprint density at radius 3 is 2.62 bits per heavy atom. The van der Waals surface area contributed by atoms with Crippen molar-refractivity contribution in [2.45, 2.75) is 37.6 Å². The SMILES string of the molecule is Cc1nc(N)ncc1-c1ccc(C2(c3noc(-c4cnn(C5COC5)c4)n3)CCC2)cn1. The van der Waals surface area contributed by atoms with E-state index in [0.29, 0.717) is 24.9 Å². The monoisotopic (exact) mass is 430 g/mol. The van der Waals surface area contributed by atoms with Crippen molar-refractivity contribution in [3.05, 3.63) is 54.0 Å². The molecule has 0 bridgehead atoms. The molecule has 32 heavy (non-hydrogen) atoms. The van der Waals surface area contributed by atoms with Crippen LogP contribution in [0.4, 0.5) is 5.95 Å². The lowest BCUT2D eigenvalue weighted by molar-refractivity contribution is -0.0286. The van der Waals surface area contributed by atoms with Crippen molar-refractivity contribution in [2.75, 3.05) is 18.9 Å². The highest BCUT2D eigenvalue weighted by Crippen LogP contribution is 2.48. The van der Waals surface area contributed by atoms with Crippen molar-refractivity contribution in [3.8, 4) is 22.7 Å². The van der Waals surface area contributed by atoms with Crippen LogP contribution in [0.15, 0.2) is 41.4 Å². The van der Waals surface area contributed by atoms with Crippen molar-refractivity contribution in [1.82, 2.24) is 34.9 Å². The minimum Gasteiger partial charge on any atom is -0.377 e. The van der Waals surface area contributed by atoms with Crippen LogP contribution in [0.25, 0.3) is 22.7 Å². The number of rotatable bonds is 5. The third-order valence-corrected chi connectivity index (χ3v) is 6.49. The van der Waals surface area contributed by atoms with Crippen LogP contribution in [0.5, 0.6) is 0 Å². The van der Waals surface area contributed by atoms with E-state index in [1.165, 1.54) is 0 Å². The molecule has 2 N–H and O–H groups in total. The number of hydrogen-bond donors (Lipinski definition) is 1. The van der Waals surface area contributed by atoms with E-state index >= 15 is 0 Å². The predicted molar refractivity (Wildman–Crippen MR) is 114 cm³/mol. The summed E-state index contributed by atoms with van der Waals surface area (Å²) >= 11 is 0. The van der Waals surface area contributed by atoms with Gasteiger partial charge in [0.15, 0.2) is 5.82 Å². The second-order valence-electron chi connectivity index (χ2n) is 8.42. The fraction of sp³-hybridized carbons (Fsp3) is 0.364. The molecule has 162 valence electrons. The molecule has 4 aromatic rings. The summed E-state index contributed by atoms with van der Waals surface area (Å²) < 4.78 is 12.8. The minimum atomic E-state index is -0.280. The maximum absolute atomic E-state index is 5.67. The number of nitrogens with two attached hydrogens (primary N) is 1. The Morgan fingerprint density at radius 2 is 1.97 bits per heavy atom. The van der Waals surface area contributed by atoms with Gasteiger partial charge in [-0.3, -0.25) is 9.67 Å². The quantitative estimate of drug-likeness (QED) is 0.507. The Kier molecular flexibility index (Phi) is 4.29. The van der Waals surface area contributed by atoms with Crippen molar-refractivity contribution in [1.29, 1.82) is 0 Å². The predicted octanol–water partition coefficient (Wildman–Crippen LogP) is 2.72. The molecule has 0 amide bonds. The van der Waals surface area contributed by atoms with Gasteiger partial charge >= 0.3 is 0 Å². The maximum Gasteiger partial charge on any atom is 0.261 e. The molecule has 0 spiro atoms. The first kappa shape index (κ1) is 19.1. The Balaban J connectivity index is 1.29. The molecule has 2 aliphatic rings. The number of nitrogen functional groups attached to an aromatic ring is 1. The molecule has 1 saturated heterocycles. The van der Waals surface area contributed by atoms with Gasteiger partial charge in [0.25, 0.3) is 5.89 Å². The van der Waals surface area contributed by atoms with Gasteiger partial charge in [-0.2, -0.15) is 10.1 Å². The maximum atomic E-state index is 5.67. The molecule has 10 nitrogen and oxygen atoms in total. The first-order chi connectivity index (χ1) is 15.6. The second-order valence-corrected chi connectivity index (χ2v) is 8.42. The molecule has 5 heterocycles. The number of pyridine rings is 1. The molecule has 0 atom stereocenters. The lowest BCUT2D eigenvalue weighted by atomic mass is 9.64. The number of aryl methyl sites for hydroxylation is 1. The largest absolute Gasteiger partial charge is 0.377 e. The minimum absolute atomic E-state index is 0.260. The highest BCUT2D eigenvalue weighted by molar-refractivity contribution is 5.61. The Morgan fingerprint density at radius 1 is 1.09 bits per heavy atom. The molecule has 2 fully saturated rings. The lowest BCUT2D eigenvalue weighted by Gasteiger charge is -2.39. The van der Waals surface area contributed by atoms with Gasteiger partial charge in [0.1, 0.15) is 0 Å². The van der Waals surface area contributed by atoms with E-state index in [0.717, 1.165) is 47.3 Å². The zero-order valence-corrected chi connectivity index (χ0v) is 17.6. The van der Waals surface area contributed by atoms with E-state index in [-0.39, 0.29) is 17.4 Å². The van der Waals surface area contributed by atoms with Crippen molar-refractivity contribution < 1.29 is 9.26 Å². The highest BCUT2D eigenvalue weighted by Gasteiger charge is 2.45. The fourth-order valence-electron chi connectivity index (χ4n) is 4.30. The first-order valence-corrected chi connectivity index (χ1v) is 10.6. The summed E-state index contributed by atoms with van der Waals surface area (Å²) in [6.07, 6.45) is 10.3. The third-order valence-electron chi connectivity index (χ3n) is 6.49. The Hall–Kier alpha value is -3.66. The van der Waals surface area contributed by atoms with Crippen LogP contribution < -0.4 is 5.73 Å². The summed E-state index contributed by atoms with van der Waals surface area (Å²) in [6.45, 7) is 3.27. The molecule has 4 aromatic heterocycles. The van der Waals surface area contributed by atoms with Crippen LogP contribution in [0.1, 0.15) is 42.4 Å². The fourth-order valence-corrected chi connectivity index (χ4v) is 4.30. The van der Waals surface area contributed by atoms with E-state index in [1.54, 1.807) is 12.4 Å². The van der Waals surface area contributed by atoms with Crippen LogP contribution in [0.2, 0.25) is 0 Å². The van der Waals surface area contributed by atoms with Gasteiger partial charge in [-0.05, 0) is 31.4 Å². The first-order valence-electron chi connectivity index (χ1n) is 10.6. The summed E-state index contributed by atoms with van der Waals surface area (Å²) in [4.78, 5) is 17.8.